The number of likely N-dealkylation sites (N-methyl/N-ethyl adjacent to an activating group) is 1. The summed E-state index contributed by atoms with van der Waals surface area (Å²) in [6, 6.07) is 4.85. The Morgan fingerprint density at radius 1 is 1.47 bits per heavy atom. The van der Waals surface area contributed by atoms with E-state index in [0.717, 1.165) is 18.7 Å². The van der Waals surface area contributed by atoms with Crippen LogP contribution in [0, 0.1) is 0 Å². The summed E-state index contributed by atoms with van der Waals surface area (Å²) in [4.78, 5) is 2.20. The minimum absolute atomic E-state index is 0.290. The van der Waals surface area contributed by atoms with Crippen molar-refractivity contribution in [2.75, 3.05) is 27.7 Å². The van der Waals surface area contributed by atoms with Crippen LogP contribution in [0.1, 0.15) is 37.5 Å². The molecule has 1 aromatic heterocycles. The highest BCUT2D eigenvalue weighted by Crippen LogP contribution is 2.22. The average Bonchev–Trinajstić information content (AvgIpc) is 2.93. The van der Waals surface area contributed by atoms with Gasteiger partial charge in [0.1, 0.15) is 5.76 Å². The van der Waals surface area contributed by atoms with Gasteiger partial charge in [-0.15, -0.1) is 0 Å². The Balaban J connectivity index is 1.85. The number of hydrogen-bond donors (Lipinski definition) is 1. The van der Waals surface area contributed by atoms with E-state index in [1.54, 1.807) is 6.26 Å². The van der Waals surface area contributed by atoms with Crippen molar-refractivity contribution >= 4 is 0 Å². The fourth-order valence-corrected chi connectivity index (χ4v) is 2.84. The summed E-state index contributed by atoms with van der Waals surface area (Å²) in [5, 5.41) is 3.67. The van der Waals surface area contributed by atoms with E-state index >= 15 is 0 Å². The number of nitrogens with one attached hydrogen (secondary N) is 1. The molecule has 19 heavy (non-hydrogen) atoms. The standard InChI is InChI=1S/C15H26N2O2/c1-17(2)14(15-8-5-9-19-15)11-16-12-6-4-7-13(10-12)18-3/h5,8-9,12-14,16H,4,6-7,10-11H2,1-3H3. The molecule has 108 valence electrons. The van der Waals surface area contributed by atoms with Crippen molar-refractivity contribution in [3.05, 3.63) is 24.2 Å². The highest BCUT2D eigenvalue weighted by Gasteiger charge is 2.23. The zero-order chi connectivity index (χ0) is 13.7. The molecule has 1 aliphatic carbocycles. The summed E-state index contributed by atoms with van der Waals surface area (Å²) >= 11 is 0. The van der Waals surface area contributed by atoms with Gasteiger partial charge in [0.25, 0.3) is 0 Å². The number of rotatable bonds is 6. The molecule has 0 amide bonds. The summed E-state index contributed by atoms with van der Waals surface area (Å²) in [5.74, 6) is 1.02. The molecule has 2 rings (SSSR count). The monoisotopic (exact) mass is 266 g/mol. The molecule has 1 N–H and O–H groups in total. The van der Waals surface area contributed by atoms with Gasteiger partial charge in [-0.1, -0.05) is 0 Å². The predicted molar refractivity (Wildman–Crippen MR) is 76.2 cm³/mol. The molecule has 0 aromatic carbocycles. The van der Waals surface area contributed by atoms with E-state index in [-0.39, 0.29) is 6.04 Å². The van der Waals surface area contributed by atoms with Crippen molar-refractivity contribution < 1.29 is 9.15 Å². The topological polar surface area (TPSA) is 37.6 Å². The maximum absolute atomic E-state index is 5.53. The third kappa shape index (κ3) is 4.06. The number of methoxy groups -OCH3 is 1. The molecule has 1 aliphatic rings. The molecule has 1 heterocycles. The van der Waals surface area contributed by atoms with E-state index in [2.05, 4.69) is 24.3 Å². The van der Waals surface area contributed by atoms with Crippen LogP contribution in [0.25, 0.3) is 0 Å². The Morgan fingerprint density at radius 3 is 2.95 bits per heavy atom. The highest BCUT2D eigenvalue weighted by atomic mass is 16.5. The Kier molecular flexibility index (Phi) is 5.43. The third-order valence-corrected chi connectivity index (χ3v) is 4.05. The number of hydrogen-bond acceptors (Lipinski definition) is 4. The smallest absolute Gasteiger partial charge is 0.122 e. The molecule has 0 bridgehead atoms. The van der Waals surface area contributed by atoms with Gasteiger partial charge in [-0.3, -0.25) is 4.90 Å². The van der Waals surface area contributed by atoms with E-state index in [4.69, 9.17) is 9.15 Å². The van der Waals surface area contributed by atoms with Crippen molar-refractivity contribution in [3.63, 3.8) is 0 Å². The van der Waals surface area contributed by atoms with E-state index < -0.39 is 0 Å². The molecular weight excluding hydrogens is 240 g/mol. The zero-order valence-electron chi connectivity index (χ0n) is 12.3. The van der Waals surface area contributed by atoms with Crippen LogP contribution in [-0.4, -0.2) is 44.8 Å². The van der Waals surface area contributed by atoms with Crippen LogP contribution < -0.4 is 5.32 Å². The second-order valence-electron chi connectivity index (χ2n) is 5.62. The van der Waals surface area contributed by atoms with Gasteiger partial charge in [-0.2, -0.15) is 0 Å². The van der Waals surface area contributed by atoms with Crippen molar-refractivity contribution in [2.45, 2.75) is 43.9 Å². The molecular formula is C15H26N2O2. The van der Waals surface area contributed by atoms with Crippen molar-refractivity contribution in [1.29, 1.82) is 0 Å². The van der Waals surface area contributed by atoms with Gasteiger partial charge in [-0.05, 0) is 51.9 Å². The quantitative estimate of drug-likeness (QED) is 0.858. The van der Waals surface area contributed by atoms with Gasteiger partial charge in [0, 0.05) is 19.7 Å². The lowest BCUT2D eigenvalue weighted by Gasteiger charge is -2.31. The Morgan fingerprint density at radius 2 is 2.32 bits per heavy atom. The summed E-state index contributed by atoms with van der Waals surface area (Å²) in [5.41, 5.74) is 0. The second-order valence-corrected chi connectivity index (χ2v) is 5.62. The average molecular weight is 266 g/mol. The fourth-order valence-electron chi connectivity index (χ4n) is 2.84. The molecule has 3 atom stereocenters. The predicted octanol–water partition coefficient (Wildman–Crippen LogP) is 2.43. The minimum atomic E-state index is 0.290. The van der Waals surface area contributed by atoms with E-state index in [0.29, 0.717) is 12.1 Å². The molecule has 1 fully saturated rings. The first-order valence-electron chi connectivity index (χ1n) is 7.16. The van der Waals surface area contributed by atoms with Crippen molar-refractivity contribution in [2.24, 2.45) is 0 Å². The zero-order valence-corrected chi connectivity index (χ0v) is 12.3. The minimum Gasteiger partial charge on any atom is -0.468 e. The number of ether oxygens (including phenoxy) is 1. The Labute approximate surface area is 116 Å². The third-order valence-electron chi connectivity index (χ3n) is 4.05. The van der Waals surface area contributed by atoms with Crippen LogP contribution in [-0.2, 0) is 4.74 Å². The lowest BCUT2D eigenvalue weighted by atomic mass is 9.92. The molecule has 1 aromatic rings. The molecule has 0 aliphatic heterocycles. The van der Waals surface area contributed by atoms with Gasteiger partial charge in [0.05, 0.1) is 18.4 Å². The largest absolute Gasteiger partial charge is 0.468 e. The molecule has 0 spiro atoms. The molecule has 1 saturated carbocycles. The summed E-state index contributed by atoms with van der Waals surface area (Å²) < 4.78 is 11.0. The second kappa shape index (κ2) is 7.08. The molecule has 0 radical (unpaired) electrons. The van der Waals surface area contributed by atoms with Gasteiger partial charge in [-0.25, -0.2) is 0 Å². The first-order chi connectivity index (χ1) is 9.20. The summed E-state index contributed by atoms with van der Waals surface area (Å²) in [6.07, 6.45) is 6.99. The Bertz CT molecular complexity index is 351. The van der Waals surface area contributed by atoms with Gasteiger partial charge < -0.3 is 14.5 Å². The summed E-state index contributed by atoms with van der Waals surface area (Å²) in [6.45, 7) is 0.918. The van der Waals surface area contributed by atoms with Crippen LogP contribution >= 0.6 is 0 Å². The molecule has 4 nitrogen and oxygen atoms in total. The first-order valence-corrected chi connectivity index (χ1v) is 7.16. The number of furan rings is 1. The van der Waals surface area contributed by atoms with Gasteiger partial charge in [0.2, 0.25) is 0 Å². The number of nitrogens with zero attached hydrogens (tertiary/aromatic N) is 1. The fraction of sp³-hybridized carbons (Fsp3) is 0.733. The molecule has 4 heteroatoms. The van der Waals surface area contributed by atoms with Crippen LogP contribution in [0.5, 0.6) is 0 Å². The van der Waals surface area contributed by atoms with Crippen LogP contribution in [0.4, 0.5) is 0 Å². The van der Waals surface area contributed by atoms with Crippen molar-refractivity contribution in [1.82, 2.24) is 10.2 Å². The van der Waals surface area contributed by atoms with Gasteiger partial charge >= 0.3 is 0 Å². The maximum Gasteiger partial charge on any atom is 0.122 e. The summed E-state index contributed by atoms with van der Waals surface area (Å²) in [7, 11) is 6.00. The van der Waals surface area contributed by atoms with E-state index in [9.17, 15) is 0 Å². The molecule has 0 saturated heterocycles. The SMILES string of the molecule is COC1CCCC(NCC(c2ccco2)N(C)C)C1. The van der Waals surface area contributed by atoms with E-state index in [1.165, 1.54) is 19.3 Å². The lowest BCUT2D eigenvalue weighted by Crippen LogP contribution is -2.41. The van der Waals surface area contributed by atoms with Crippen LogP contribution in [0.15, 0.2) is 22.8 Å². The lowest BCUT2D eigenvalue weighted by molar-refractivity contribution is 0.0575. The first kappa shape index (κ1) is 14.6. The Hall–Kier alpha value is -0.840. The van der Waals surface area contributed by atoms with Gasteiger partial charge in [0.15, 0.2) is 0 Å². The van der Waals surface area contributed by atoms with Crippen molar-refractivity contribution in [3.8, 4) is 0 Å². The molecule has 3 unspecified atom stereocenters. The van der Waals surface area contributed by atoms with Crippen LogP contribution in [0.3, 0.4) is 0 Å². The maximum atomic E-state index is 5.53. The normalized spacial score (nSPS) is 25.7. The van der Waals surface area contributed by atoms with Crippen LogP contribution in [0.2, 0.25) is 0 Å². The highest BCUT2D eigenvalue weighted by molar-refractivity contribution is 5.05. The van der Waals surface area contributed by atoms with E-state index in [1.807, 2.05) is 19.2 Å².